The molecule has 0 aliphatic heterocycles. The Morgan fingerprint density at radius 2 is 1.96 bits per heavy atom. The Labute approximate surface area is 164 Å². The molecule has 0 spiro atoms. The summed E-state index contributed by atoms with van der Waals surface area (Å²) in [6.45, 7) is 3.85. The summed E-state index contributed by atoms with van der Waals surface area (Å²) in [5.41, 5.74) is 10.1. The number of amides is 1. The van der Waals surface area contributed by atoms with Crippen molar-refractivity contribution in [2.45, 2.75) is 19.1 Å². The zero-order chi connectivity index (χ0) is 19.1. The lowest BCUT2D eigenvalue weighted by atomic mass is 10.1. The molecular formula is C21H26N4OS. The third-order valence-electron chi connectivity index (χ3n) is 4.39. The number of nitrogens with zero attached hydrogens (tertiary/aromatic N) is 3. The maximum absolute atomic E-state index is 12.6. The SMILES string of the molecule is Cc1ccc2nc(CSCC(=O)N(CCN)CCc3ccccc3)cn2c1. The molecule has 0 bridgehead atoms. The quantitative estimate of drug-likeness (QED) is 0.618. The van der Waals surface area contributed by atoms with Gasteiger partial charge in [0, 0.05) is 37.8 Å². The van der Waals surface area contributed by atoms with Crippen LogP contribution in [0, 0.1) is 6.92 Å². The number of benzene rings is 1. The van der Waals surface area contributed by atoms with Crippen molar-refractivity contribution in [3.05, 3.63) is 71.7 Å². The molecule has 0 saturated heterocycles. The Balaban J connectivity index is 1.50. The van der Waals surface area contributed by atoms with Crippen LogP contribution in [0.5, 0.6) is 0 Å². The van der Waals surface area contributed by atoms with Crippen molar-refractivity contribution in [1.29, 1.82) is 0 Å². The van der Waals surface area contributed by atoms with Gasteiger partial charge in [0.05, 0.1) is 11.4 Å². The van der Waals surface area contributed by atoms with Gasteiger partial charge in [0.15, 0.2) is 0 Å². The second-order valence-corrected chi connectivity index (χ2v) is 7.59. The van der Waals surface area contributed by atoms with Crippen LogP contribution in [0.4, 0.5) is 0 Å². The van der Waals surface area contributed by atoms with Crippen LogP contribution in [0.2, 0.25) is 0 Å². The van der Waals surface area contributed by atoms with Crippen LogP contribution in [0.3, 0.4) is 0 Å². The standard InChI is InChI=1S/C21H26N4OS/c1-17-7-8-20-23-19(14-25(20)13-17)15-27-16-21(26)24(12-10-22)11-9-18-5-3-2-4-6-18/h2-8,13-14H,9-12,15-16,22H2,1H3. The largest absolute Gasteiger partial charge is 0.340 e. The molecule has 5 nitrogen and oxygen atoms in total. The van der Waals surface area contributed by atoms with Crippen molar-refractivity contribution >= 4 is 23.3 Å². The van der Waals surface area contributed by atoms with Gasteiger partial charge in [0.25, 0.3) is 0 Å². The Kier molecular flexibility index (Phi) is 6.90. The van der Waals surface area contributed by atoms with Crippen molar-refractivity contribution in [2.24, 2.45) is 5.73 Å². The highest BCUT2D eigenvalue weighted by molar-refractivity contribution is 7.99. The highest BCUT2D eigenvalue weighted by Crippen LogP contribution is 2.14. The number of carbonyl (C=O) groups excluding carboxylic acids is 1. The minimum atomic E-state index is 0.140. The smallest absolute Gasteiger partial charge is 0.232 e. The first-order valence-corrected chi connectivity index (χ1v) is 10.3. The van der Waals surface area contributed by atoms with Gasteiger partial charge in [-0.25, -0.2) is 4.98 Å². The lowest BCUT2D eigenvalue weighted by Gasteiger charge is -2.22. The zero-order valence-electron chi connectivity index (χ0n) is 15.7. The molecule has 1 aromatic carbocycles. The number of hydrogen-bond acceptors (Lipinski definition) is 4. The van der Waals surface area contributed by atoms with Gasteiger partial charge in [-0.3, -0.25) is 4.79 Å². The van der Waals surface area contributed by atoms with Gasteiger partial charge in [-0.2, -0.15) is 0 Å². The van der Waals surface area contributed by atoms with Gasteiger partial charge in [0.1, 0.15) is 5.65 Å². The Morgan fingerprint density at radius 1 is 1.15 bits per heavy atom. The summed E-state index contributed by atoms with van der Waals surface area (Å²) in [5, 5.41) is 0. The number of thioether (sulfide) groups is 1. The first-order valence-electron chi connectivity index (χ1n) is 9.19. The molecule has 3 rings (SSSR count). The van der Waals surface area contributed by atoms with Crippen molar-refractivity contribution in [1.82, 2.24) is 14.3 Å². The van der Waals surface area contributed by atoms with E-state index in [0.717, 1.165) is 23.5 Å². The van der Waals surface area contributed by atoms with E-state index < -0.39 is 0 Å². The second-order valence-electron chi connectivity index (χ2n) is 6.60. The first-order chi connectivity index (χ1) is 13.2. The van der Waals surface area contributed by atoms with Crippen LogP contribution in [-0.4, -0.2) is 45.6 Å². The number of rotatable bonds is 9. The van der Waals surface area contributed by atoms with E-state index in [-0.39, 0.29) is 5.91 Å². The number of pyridine rings is 1. The summed E-state index contributed by atoms with van der Waals surface area (Å²) in [6.07, 6.45) is 4.95. The molecule has 0 saturated carbocycles. The molecule has 0 fully saturated rings. The van der Waals surface area contributed by atoms with E-state index in [0.29, 0.717) is 25.4 Å². The molecule has 142 valence electrons. The summed E-state index contributed by atoms with van der Waals surface area (Å²) in [6, 6.07) is 14.3. The molecule has 6 heteroatoms. The number of carbonyl (C=O) groups is 1. The lowest BCUT2D eigenvalue weighted by molar-refractivity contribution is -0.128. The Bertz CT molecular complexity index is 878. The second kappa shape index (κ2) is 9.58. The zero-order valence-corrected chi connectivity index (χ0v) is 16.5. The molecule has 1 amide bonds. The van der Waals surface area contributed by atoms with Crippen LogP contribution in [0.1, 0.15) is 16.8 Å². The highest BCUT2D eigenvalue weighted by atomic mass is 32.2. The van der Waals surface area contributed by atoms with Crippen LogP contribution in [-0.2, 0) is 17.0 Å². The predicted octanol–water partition coefficient (Wildman–Crippen LogP) is 2.91. The van der Waals surface area contributed by atoms with E-state index >= 15 is 0 Å². The molecule has 0 aliphatic rings. The fourth-order valence-electron chi connectivity index (χ4n) is 2.99. The molecule has 0 unspecified atom stereocenters. The number of aromatic nitrogens is 2. The number of hydrogen-bond donors (Lipinski definition) is 1. The Morgan fingerprint density at radius 3 is 2.74 bits per heavy atom. The normalized spacial score (nSPS) is 11.0. The van der Waals surface area contributed by atoms with Gasteiger partial charge in [-0.05, 0) is 30.5 Å². The van der Waals surface area contributed by atoms with Gasteiger partial charge < -0.3 is 15.0 Å². The fourth-order valence-corrected chi connectivity index (χ4v) is 3.79. The van der Waals surface area contributed by atoms with E-state index in [1.165, 1.54) is 11.1 Å². The van der Waals surface area contributed by atoms with Gasteiger partial charge in [0.2, 0.25) is 5.91 Å². The molecule has 3 aromatic rings. The summed E-state index contributed by atoms with van der Waals surface area (Å²) in [5.74, 6) is 1.31. The maximum atomic E-state index is 12.6. The maximum Gasteiger partial charge on any atom is 0.232 e. The molecular weight excluding hydrogens is 356 g/mol. The molecule has 0 aliphatic carbocycles. The van der Waals surface area contributed by atoms with Crippen molar-refractivity contribution < 1.29 is 4.79 Å². The van der Waals surface area contributed by atoms with Crippen LogP contribution < -0.4 is 5.73 Å². The molecule has 2 heterocycles. The molecule has 0 radical (unpaired) electrons. The van der Waals surface area contributed by atoms with Crippen LogP contribution in [0.25, 0.3) is 5.65 Å². The summed E-state index contributed by atoms with van der Waals surface area (Å²) in [4.78, 5) is 19.1. The van der Waals surface area contributed by atoms with E-state index in [9.17, 15) is 4.79 Å². The summed E-state index contributed by atoms with van der Waals surface area (Å²) in [7, 11) is 0. The van der Waals surface area contributed by atoms with E-state index in [2.05, 4.69) is 36.3 Å². The lowest BCUT2D eigenvalue weighted by Crippen LogP contribution is -2.38. The number of fused-ring (bicyclic) bond motifs is 1. The molecule has 2 aromatic heterocycles. The Hall–Kier alpha value is -2.31. The summed E-state index contributed by atoms with van der Waals surface area (Å²) >= 11 is 1.60. The van der Waals surface area contributed by atoms with Crippen LogP contribution >= 0.6 is 11.8 Å². The van der Waals surface area contributed by atoms with Crippen molar-refractivity contribution in [2.75, 3.05) is 25.4 Å². The van der Waals surface area contributed by atoms with Gasteiger partial charge in [-0.15, -0.1) is 11.8 Å². The molecule has 27 heavy (non-hydrogen) atoms. The third-order valence-corrected chi connectivity index (χ3v) is 5.34. The minimum absolute atomic E-state index is 0.140. The summed E-state index contributed by atoms with van der Waals surface area (Å²) < 4.78 is 2.04. The van der Waals surface area contributed by atoms with Crippen molar-refractivity contribution in [3.63, 3.8) is 0 Å². The topological polar surface area (TPSA) is 63.6 Å². The number of imidazole rings is 1. The van der Waals surface area contributed by atoms with E-state index in [1.807, 2.05) is 39.8 Å². The number of aryl methyl sites for hydroxylation is 1. The van der Waals surface area contributed by atoms with E-state index in [1.54, 1.807) is 11.8 Å². The van der Waals surface area contributed by atoms with Gasteiger partial charge >= 0.3 is 0 Å². The average molecular weight is 383 g/mol. The van der Waals surface area contributed by atoms with Crippen molar-refractivity contribution in [3.8, 4) is 0 Å². The fraction of sp³-hybridized carbons (Fsp3) is 0.333. The first kappa shape index (κ1) is 19.5. The third kappa shape index (κ3) is 5.58. The predicted molar refractivity (Wildman–Crippen MR) is 112 cm³/mol. The minimum Gasteiger partial charge on any atom is -0.340 e. The number of nitrogens with two attached hydrogens (primary N) is 1. The molecule has 0 atom stereocenters. The monoisotopic (exact) mass is 382 g/mol. The van der Waals surface area contributed by atoms with Gasteiger partial charge in [-0.1, -0.05) is 36.4 Å². The average Bonchev–Trinajstić information content (AvgIpc) is 3.07. The highest BCUT2D eigenvalue weighted by Gasteiger charge is 2.13. The molecule has 2 N–H and O–H groups in total. The van der Waals surface area contributed by atoms with Crippen LogP contribution in [0.15, 0.2) is 54.9 Å². The van der Waals surface area contributed by atoms with E-state index in [4.69, 9.17) is 5.73 Å².